The van der Waals surface area contributed by atoms with Crippen LogP contribution in [0.3, 0.4) is 0 Å². The van der Waals surface area contributed by atoms with E-state index in [0.29, 0.717) is 5.75 Å². The van der Waals surface area contributed by atoms with E-state index in [9.17, 15) is 4.55 Å². The average molecular weight is 231 g/mol. The molecular formula is C13H13NOS. The van der Waals surface area contributed by atoms with Crippen molar-refractivity contribution < 1.29 is 4.55 Å². The second-order valence-electron chi connectivity index (χ2n) is 3.57. The third-order valence-electron chi connectivity index (χ3n) is 2.23. The minimum atomic E-state index is -1.01. The van der Waals surface area contributed by atoms with Crippen molar-refractivity contribution in [2.45, 2.75) is 17.6 Å². The van der Waals surface area contributed by atoms with E-state index in [2.05, 4.69) is 4.98 Å². The van der Waals surface area contributed by atoms with Crippen LogP contribution < -0.4 is 0 Å². The van der Waals surface area contributed by atoms with E-state index in [4.69, 9.17) is 0 Å². The number of aryl methyl sites for hydroxylation is 1. The summed E-state index contributed by atoms with van der Waals surface area (Å²) >= 11 is -1.01. The Labute approximate surface area is 98.5 Å². The van der Waals surface area contributed by atoms with Crippen LogP contribution in [-0.4, -0.2) is 9.54 Å². The standard InChI is InChI=1S/C13H13NOS/c1-11-6-5-7-12(14-11)10-16(15)13-8-3-2-4-9-13/h2-9H,10H2,1H3. The Hall–Kier alpha value is -1.32. The number of benzene rings is 1. The third-order valence-corrected chi connectivity index (χ3v) is 3.59. The van der Waals surface area contributed by atoms with E-state index in [1.807, 2.05) is 55.5 Å². The van der Waals surface area contributed by atoms with Crippen LogP contribution in [0.25, 0.3) is 0 Å². The molecule has 1 aromatic heterocycles. The topological polar surface area (TPSA) is 36.0 Å². The second kappa shape index (κ2) is 5.14. The molecule has 0 N–H and O–H groups in total. The maximum absolute atomic E-state index is 12.0. The average Bonchev–Trinajstić information content (AvgIpc) is 2.30. The minimum Gasteiger partial charge on any atom is -0.611 e. The SMILES string of the molecule is Cc1cccc(C[S+]([O-])c2ccccc2)n1. The van der Waals surface area contributed by atoms with Crippen molar-refractivity contribution in [3.8, 4) is 0 Å². The Bertz CT molecular complexity index is 458. The molecule has 0 radical (unpaired) electrons. The highest BCUT2D eigenvalue weighted by Crippen LogP contribution is 2.14. The predicted octanol–water partition coefficient (Wildman–Crippen LogP) is 2.70. The summed E-state index contributed by atoms with van der Waals surface area (Å²) in [7, 11) is 0. The second-order valence-corrected chi connectivity index (χ2v) is 5.02. The van der Waals surface area contributed by atoms with Crippen LogP contribution in [0, 0.1) is 6.92 Å². The molecule has 2 aromatic rings. The predicted molar refractivity (Wildman–Crippen MR) is 65.5 cm³/mol. The van der Waals surface area contributed by atoms with Gasteiger partial charge in [-0.05, 0) is 42.4 Å². The molecule has 82 valence electrons. The lowest BCUT2D eigenvalue weighted by molar-refractivity contribution is 0.593. The van der Waals surface area contributed by atoms with Crippen molar-refractivity contribution in [3.63, 3.8) is 0 Å². The Morgan fingerprint density at radius 3 is 2.50 bits per heavy atom. The first kappa shape index (κ1) is 11.2. The van der Waals surface area contributed by atoms with Gasteiger partial charge in [0.25, 0.3) is 0 Å². The van der Waals surface area contributed by atoms with Crippen molar-refractivity contribution in [2.24, 2.45) is 0 Å². The molecular weight excluding hydrogens is 218 g/mol. The number of hydrogen-bond acceptors (Lipinski definition) is 2. The van der Waals surface area contributed by atoms with Crippen molar-refractivity contribution in [1.29, 1.82) is 0 Å². The zero-order valence-corrected chi connectivity index (χ0v) is 9.91. The zero-order chi connectivity index (χ0) is 11.4. The summed E-state index contributed by atoms with van der Waals surface area (Å²) in [6.45, 7) is 1.94. The van der Waals surface area contributed by atoms with Gasteiger partial charge in [-0.25, -0.2) is 0 Å². The molecule has 0 fully saturated rings. The van der Waals surface area contributed by atoms with Crippen LogP contribution in [0.4, 0.5) is 0 Å². The van der Waals surface area contributed by atoms with E-state index in [0.717, 1.165) is 16.3 Å². The number of rotatable bonds is 3. The number of hydrogen-bond donors (Lipinski definition) is 0. The van der Waals surface area contributed by atoms with Gasteiger partial charge in [-0.1, -0.05) is 24.3 Å². The third kappa shape index (κ3) is 2.84. The molecule has 0 bridgehead atoms. The van der Waals surface area contributed by atoms with E-state index < -0.39 is 11.2 Å². The van der Waals surface area contributed by atoms with E-state index in [1.54, 1.807) is 0 Å². The maximum Gasteiger partial charge on any atom is 0.153 e. The number of aromatic nitrogens is 1. The summed E-state index contributed by atoms with van der Waals surface area (Å²) in [4.78, 5) is 5.20. The molecule has 0 aliphatic heterocycles. The van der Waals surface area contributed by atoms with Crippen LogP contribution in [0.15, 0.2) is 53.4 Å². The van der Waals surface area contributed by atoms with Gasteiger partial charge in [-0.2, -0.15) is 0 Å². The van der Waals surface area contributed by atoms with Gasteiger partial charge in [0, 0.05) is 5.69 Å². The summed E-state index contributed by atoms with van der Waals surface area (Å²) in [5.41, 5.74) is 1.84. The summed E-state index contributed by atoms with van der Waals surface area (Å²) < 4.78 is 12.0. The first-order valence-corrected chi connectivity index (χ1v) is 6.43. The smallest absolute Gasteiger partial charge is 0.153 e. The fourth-order valence-electron chi connectivity index (χ4n) is 1.47. The lowest BCUT2D eigenvalue weighted by Gasteiger charge is -2.09. The van der Waals surface area contributed by atoms with E-state index in [1.165, 1.54) is 0 Å². The molecule has 0 saturated carbocycles. The molecule has 2 rings (SSSR count). The van der Waals surface area contributed by atoms with E-state index >= 15 is 0 Å². The molecule has 1 aromatic carbocycles. The maximum atomic E-state index is 12.0. The summed E-state index contributed by atoms with van der Waals surface area (Å²) in [6, 6.07) is 15.3. The zero-order valence-electron chi connectivity index (χ0n) is 9.09. The lowest BCUT2D eigenvalue weighted by atomic mass is 10.3. The molecule has 16 heavy (non-hydrogen) atoms. The quantitative estimate of drug-likeness (QED) is 0.761. The molecule has 3 heteroatoms. The molecule has 0 spiro atoms. The Morgan fingerprint density at radius 2 is 1.81 bits per heavy atom. The number of pyridine rings is 1. The highest BCUT2D eigenvalue weighted by atomic mass is 32.2. The molecule has 0 aliphatic rings. The molecule has 1 unspecified atom stereocenters. The van der Waals surface area contributed by atoms with Gasteiger partial charge < -0.3 is 4.55 Å². The number of nitrogens with zero attached hydrogens (tertiary/aromatic N) is 1. The summed E-state index contributed by atoms with van der Waals surface area (Å²) in [5, 5.41) is 0. The highest BCUT2D eigenvalue weighted by molar-refractivity contribution is 7.90. The van der Waals surface area contributed by atoms with E-state index in [-0.39, 0.29) is 0 Å². The monoisotopic (exact) mass is 231 g/mol. The first-order valence-electron chi connectivity index (χ1n) is 5.11. The first-order chi connectivity index (χ1) is 7.75. The molecule has 1 atom stereocenters. The van der Waals surface area contributed by atoms with Crippen LogP contribution in [0.2, 0.25) is 0 Å². The molecule has 2 nitrogen and oxygen atoms in total. The van der Waals surface area contributed by atoms with Gasteiger partial charge in [-0.3, -0.25) is 4.98 Å². The Kier molecular flexibility index (Phi) is 3.59. The normalized spacial score (nSPS) is 12.4. The van der Waals surface area contributed by atoms with Gasteiger partial charge in [0.05, 0.1) is 5.69 Å². The fourth-order valence-corrected chi connectivity index (χ4v) is 2.53. The van der Waals surface area contributed by atoms with Gasteiger partial charge in [0.15, 0.2) is 10.6 Å². The summed E-state index contributed by atoms with van der Waals surface area (Å²) in [6.07, 6.45) is 0. The van der Waals surface area contributed by atoms with Crippen LogP contribution >= 0.6 is 0 Å². The van der Waals surface area contributed by atoms with Crippen molar-refractivity contribution in [2.75, 3.05) is 0 Å². The Balaban J connectivity index is 2.11. The van der Waals surface area contributed by atoms with Crippen LogP contribution in [0.1, 0.15) is 11.4 Å². The van der Waals surface area contributed by atoms with Gasteiger partial charge in [0.1, 0.15) is 0 Å². The van der Waals surface area contributed by atoms with Crippen molar-refractivity contribution in [1.82, 2.24) is 4.98 Å². The van der Waals surface area contributed by atoms with Gasteiger partial charge >= 0.3 is 0 Å². The van der Waals surface area contributed by atoms with Gasteiger partial charge in [-0.15, -0.1) is 0 Å². The minimum absolute atomic E-state index is 0.478. The molecule has 0 amide bonds. The largest absolute Gasteiger partial charge is 0.611 e. The highest BCUT2D eigenvalue weighted by Gasteiger charge is 2.11. The molecule has 0 saturated heterocycles. The lowest BCUT2D eigenvalue weighted by Crippen LogP contribution is -2.06. The molecule has 1 heterocycles. The van der Waals surface area contributed by atoms with Crippen molar-refractivity contribution in [3.05, 3.63) is 59.9 Å². The van der Waals surface area contributed by atoms with Crippen LogP contribution in [0.5, 0.6) is 0 Å². The fraction of sp³-hybridized carbons (Fsp3) is 0.154. The van der Waals surface area contributed by atoms with Crippen molar-refractivity contribution >= 4 is 11.2 Å². The van der Waals surface area contributed by atoms with Gasteiger partial charge in [0.2, 0.25) is 0 Å². The summed E-state index contributed by atoms with van der Waals surface area (Å²) in [5.74, 6) is 0.478. The van der Waals surface area contributed by atoms with Crippen LogP contribution in [-0.2, 0) is 16.9 Å². The molecule has 0 aliphatic carbocycles. The Morgan fingerprint density at radius 1 is 1.06 bits per heavy atom.